The van der Waals surface area contributed by atoms with Gasteiger partial charge in [-0.25, -0.2) is 8.42 Å². The smallest absolute Gasteiger partial charge is 0.207 e. The van der Waals surface area contributed by atoms with E-state index in [1.165, 1.54) is 24.3 Å². The number of benzene rings is 1. The van der Waals surface area contributed by atoms with Crippen molar-refractivity contribution in [2.75, 3.05) is 6.61 Å². The Labute approximate surface area is 127 Å². The lowest BCUT2D eigenvalue weighted by Gasteiger charge is -2.28. The average Bonchev–Trinajstić information content (AvgIpc) is 2.51. The summed E-state index contributed by atoms with van der Waals surface area (Å²) in [6.45, 7) is 0.823. The lowest BCUT2D eigenvalue weighted by Crippen LogP contribution is -2.51. The standard InChI is InChI=1S/C13H20O8S/c1-7-2-4-8(5-3-7)22(20,21)13(19)12(18)11(17)10(16)9(15)6-14/h2-5,9-19H,6H2,1H3/t9-,10-,11+,12-,13?/m1/s1. The fraction of sp³-hybridized carbons (Fsp3) is 0.538. The van der Waals surface area contributed by atoms with Crippen molar-refractivity contribution in [3.8, 4) is 0 Å². The lowest BCUT2D eigenvalue weighted by molar-refractivity contribution is -0.128. The van der Waals surface area contributed by atoms with E-state index in [2.05, 4.69) is 0 Å². The van der Waals surface area contributed by atoms with Crippen molar-refractivity contribution in [3.05, 3.63) is 29.8 Å². The van der Waals surface area contributed by atoms with Gasteiger partial charge in [0.05, 0.1) is 11.5 Å². The van der Waals surface area contributed by atoms with Gasteiger partial charge in [0.2, 0.25) is 9.84 Å². The van der Waals surface area contributed by atoms with Crippen molar-refractivity contribution in [1.29, 1.82) is 0 Å². The van der Waals surface area contributed by atoms with E-state index in [4.69, 9.17) is 5.11 Å². The molecule has 1 rings (SSSR count). The maximum atomic E-state index is 12.1. The molecule has 0 aliphatic rings. The largest absolute Gasteiger partial charge is 0.394 e. The van der Waals surface area contributed by atoms with Gasteiger partial charge in [0.1, 0.15) is 24.4 Å². The van der Waals surface area contributed by atoms with Crippen LogP contribution in [0.4, 0.5) is 0 Å². The molecule has 0 fully saturated rings. The minimum absolute atomic E-state index is 0.269. The second-order valence-electron chi connectivity index (χ2n) is 4.97. The zero-order valence-electron chi connectivity index (χ0n) is 11.8. The molecule has 0 saturated heterocycles. The predicted octanol–water partition coefficient (Wildman–Crippen LogP) is -2.48. The molecule has 1 unspecified atom stereocenters. The van der Waals surface area contributed by atoms with E-state index in [1.807, 2.05) is 0 Å². The summed E-state index contributed by atoms with van der Waals surface area (Å²) >= 11 is 0. The van der Waals surface area contributed by atoms with Crippen LogP contribution in [0.5, 0.6) is 0 Å². The fourth-order valence-corrected chi connectivity index (χ4v) is 3.08. The van der Waals surface area contributed by atoms with Gasteiger partial charge >= 0.3 is 0 Å². The Bertz CT molecular complexity index is 570. The molecule has 22 heavy (non-hydrogen) atoms. The third kappa shape index (κ3) is 4.02. The van der Waals surface area contributed by atoms with Crippen LogP contribution in [-0.2, 0) is 9.84 Å². The topological polar surface area (TPSA) is 156 Å². The lowest BCUT2D eigenvalue weighted by atomic mass is 10.0. The van der Waals surface area contributed by atoms with E-state index in [1.54, 1.807) is 6.92 Å². The molecule has 0 heterocycles. The average molecular weight is 336 g/mol. The molecule has 6 N–H and O–H groups in total. The second-order valence-corrected chi connectivity index (χ2v) is 7.01. The van der Waals surface area contributed by atoms with Gasteiger partial charge in [0.15, 0.2) is 5.44 Å². The van der Waals surface area contributed by atoms with Gasteiger partial charge in [-0.15, -0.1) is 0 Å². The van der Waals surface area contributed by atoms with Gasteiger partial charge in [0.25, 0.3) is 0 Å². The normalized spacial score (nSPS) is 19.2. The molecule has 0 radical (unpaired) electrons. The number of aryl methyl sites for hydroxylation is 1. The molecule has 0 amide bonds. The Kier molecular flexibility index (Phi) is 6.44. The summed E-state index contributed by atoms with van der Waals surface area (Å²) in [5.41, 5.74) is -1.62. The molecular formula is C13H20O8S. The van der Waals surface area contributed by atoms with Crippen LogP contribution in [0.25, 0.3) is 0 Å². The summed E-state index contributed by atoms with van der Waals surface area (Å²) in [6, 6.07) is 5.44. The Balaban J connectivity index is 2.98. The Morgan fingerprint density at radius 1 is 0.909 bits per heavy atom. The van der Waals surface area contributed by atoms with Gasteiger partial charge in [-0.3, -0.25) is 0 Å². The van der Waals surface area contributed by atoms with E-state index in [-0.39, 0.29) is 4.90 Å². The van der Waals surface area contributed by atoms with E-state index in [9.17, 15) is 34.0 Å². The number of sulfone groups is 1. The number of aliphatic hydroxyl groups excluding tert-OH is 6. The van der Waals surface area contributed by atoms with Gasteiger partial charge in [-0.2, -0.15) is 0 Å². The first-order chi connectivity index (χ1) is 10.1. The Morgan fingerprint density at radius 3 is 1.86 bits per heavy atom. The van der Waals surface area contributed by atoms with Crippen LogP contribution in [0.15, 0.2) is 29.2 Å². The minimum atomic E-state index is -4.38. The van der Waals surface area contributed by atoms with Crippen molar-refractivity contribution in [2.45, 2.75) is 41.7 Å². The maximum Gasteiger partial charge on any atom is 0.207 e. The molecule has 5 atom stereocenters. The highest BCUT2D eigenvalue weighted by atomic mass is 32.2. The first-order valence-corrected chi connectivity index (χ1v) is 7.99. The van der Waals surface area contributed by atoms with Crippen LogP contribution in [0.2, 0.25) is 0 Å². The van der Waals surface area contributed by atoms with Crippen molar-refractivity contribution >= 4 is 9.84 Å². The molecule has 9 heteroatoms. The molecule has 0 aromatic heterocycles. The van der Waals surface area contributed by atoms with Gasteiger partial charge < -0.3 is 30.6 Å². The molecule has 0 aliphatic heterocycles. The molecular weight excluding hydrogens is 316 g/mol. The van der Waals surface area contributed by atoms with Gasteiger partial charge in [0, 0.05) is 0 Å². The van der Waals surface area contributed by atoms with Crippen LogP contribution in [-0.4, -0.2) is 75.5 Å². The summed E-state index contributed by atoms with van der Waals surface area (Å²) in [7, 11) is -4.38. The second kappa shape index (κ2) is 7.47. The fourth-order valence-electron chi connectivity index (χ4n) is 1.76. The van der Waals surface area contributed by atoms with E-state index >= 15 is 0 Å². The zero-order chi connectivity index (χ0) is 17.1. The Morgan fingerprint density at radius 2 is 1.41 bits per heavy atom. The molecule has 126 valence electrons. The van der Waals surface area contributed by atoms with Crippen LogP contribution in [0.1, 0.15) is 5.56 Å². The molecule has 0 aliphatic carbocycles. The summed E-state index contributed by atoms with van der Waals surface area (Å²) in [5, 5.41) is 56.4. The van der Waals surface area contributed by atoms with Crippen LogP contribution in [0.3, 0.4) is 0 Å². The molecule has 0 spiro atoms. The van der Waals surface area contributed by atoms with E-state index in [0.29, 0.717) is 0 Å². The van der Waals surface area contributed by atoms with E-state index < -0.39 is 46.3 Å². The SMILES string of the molecule is Cc1ccc(S(=O)(=O)C(O)[C@H](O)[C@@H](O)[C@H](O)[C@H](O)CO)cc1. The third-order valence-electron chi connectivity index (χ3n) is 3.24. The Hall–Kier alpha value is -1.07. The van der Waals surface area contributed by atoms with Gasteiger partial charge in [-0.1, -0.05) is 17.7 Å². The highest BCUT2D eigenvalue weighted by molar-refractivity contribution is 7.92. The minimum Gasteiger partial charge on any atom is -0.394 e. The van der Waals surface area contributed by atoms with Crippen LogP contribution in [0, 0.1) is 6.92 Å². The first-order valence-electron chi connectivity index (χ1n) is 6.44. The molecule has 8 nitrogen and oxygen atoms in total. The number of hydrogen-bond acceptors (Lipinski definition) is 8. The summed E-state index contributed by atoms with van der Waals surface area (Å²) < 4.78 is 24.3. The molecule has 1 aromatic carbocycles. The van der Waals surface area contributed by atoms with E-state index in [0.717, 1.165) is 5.56 Å². The van der Waals surface area contributed by atoms with Gasteiger partial charge in [-0.05, 0) is 19.1 Å². The maximum absolute atomic E-state index is 12.1. The van der Waals surface area contributed by atoms with Crippen molar-refractivity contribution in [2.24, 2.45) is 0 Å². The van der Waals surface area contributed by atoms with Crippen molar-refractivity contribution in [1.82, 2.24) is 0 Å². The third-order valence-corrected chi connectivity index (χ3v) is 5.08. The summed E-state index contributed by atoms with van der Waals surface area (Å²) in [5.74, 6) is 0. The monoisotopic (exact) mass is 336 g/mol. The number of rotatable bonds is 7. The quantitative estimate of drug-likeness (QED) is 0.320. The molecule has 1 aromatic rings. The first kappa shape index (κ1) is 19.0. The molecule has 0 saturated carbocycles. The molecule has 0 bridgehead atoms. The number of hydrogen-bond donors (Lipinski definition) is 6. The number of aliphatic hydroxyl groups is 6. The van der Waals surface area contributed by atoms with Crippen LogP contribution < -0.4 is 0 Å². The summed E-state index contributed by atoms with van der Waals surface area (Å²) in [4.78, 5) is -0.269. The van der Waals surface area contributed by atoms with Crippen molar-refractivity contribution < 1.29 is 39.1 Å². The highest BCUT2D eigenvalue weighted by Gasteiger charge is 2.40. The van der Waals surface area contributed by atoms with Crippen molar-refractivity contribution in [3.63, 3.8) is 0 Å². The van der Waals surface area contributed by atoms with Crippen LogP contribution >= 0.6 is 0 Å². The summed E-state index contributed by atoms with van der Waals surface area (Å²) in [6.07, 6.45) is -8.26. The zero-order valence-corrected chi connectivity index (χ0v) is 12.6. The highest BCUT2D eigenvalue weighted by Crippen LogP contribution is 2.20. The predicted molar refractivity (Wildman–Crippen MR) is 75.5 cm³/mol.